The summed E-state index contributed by atoms with van der Waals surface area (Å²) in [5.41, 5.74) is 2.62. The van der Waals surface area contributed by atoms with Crippen molar-refractivity contribution >= 4 is 17.6 Å². The molecular weight excluding hydrogens is 251 g/mol. The zero-order valence-corrected chi connectivity index (χ0v) is 11.4. The normalized spacial score (nSPS) is 16.8. The minimum Gasteiger partial charge on any atom is -0.306 e. The van der Waals surface area contributed by atoms with E-state index >= 15 is 0 Å². The Morgan fingerprint density at radius 3 is 2.72 bits per heavy atom. The first-order chi connectivity index (χ1) is 8.70. The van der Waals surface area contributed by atoms with E-state index in [-0.39, 0.29) is 5.82 Å². The highest BCUT2D eigenvalue weighted by molar-refractivity contribution is 7.99. The van der Waals surface area contributed by atoms with Crippen LogP contribution in [0.5, 0.6) is 0 Å². The van der Waals surface area contributed by atoms with Crippen molar-refractivity contribution in [2.75, 3.05) is 5.43 Å². The molecule has 0 atom stereocenters. The summed E-state index contributed by atoms with van der Waals surface area (Å²) in [6.07, 6.45) is 6.53. The van der Waals surface area contributed by atoms with Crippen LogP contribution >= 0.6 is 11.8 Å². The lowest BCUT2D eigenvalue weighted by Crippen LogP contribution is -2.14. The van der Waals surface area contributed by atoms with Crippen molar-refractivity contribution in [1.82, 2.24) is 9.97 Å². The fourth-order valence-electron chi connectivity index (χ4n) is 2.20. The lowest BCUT2D eigenvalue weighted by Gasteiger charge is -2.20. The second-order valence-corrected chi connectivity index (χ2v) is 5.89. The number of nitrogens with zero attached hydrogens (tertiary/aromatic N) is 2. The molecule has 100 valence electrons. The number of anilines is 1. The minimum atomic E-state index is -0.469. The highest BCUT2D eigenvalue weighted by Crippen LogP contribution is 2.30. The van der Waals surface area contributed by atoms with Crippen molar-refractivity contribution in [1.29, 1.82) is 0 Å². The first-order valence-corrected chi connectivity index (χ1v) is 7.37. The van der Waals surface area contributed by atoms with Crippen LogP contribution in [0.3, 0.4) is 0 Å². The Labute approximate surface area is 111 Å². The maximum absolute atomic E-state index is 13.5. The number of halogens is 1. The summed E-state index contributed by atoms with van der Waals surface area (Å²) in [4.78, 5) is 8.26. The molecule has 1 saturated carbocycles. The first kappa shape index (κ1) is 13.5. The summed E-state index contributed by atoms with van der Waals surface area (Å²) in [5.74, 6) is 6.23. The summed E-state index contributed by atoms with van der Waals surface area (Å²) < 4.78 is 13.5. The van der Waals surface area contributed by atoms with Crippen molar-refractivity contribution in [3.05, 3.63) is 17.3 Å². The second kappa shape index (κ2) is 6.33. The molecule has 3 N–H and O–H groups in total. The van der Waals surface area contributed by atoms with E-state index in [1.54, 1.807) is 6.92 Å². The molecule has 1 aromatic heterocycles. The highest BCUT2D eigenvalue weighted by Gasteiger charge is 2.16. The summed E-state index contributed by atoms with van der Waals surface area (Å²) in [6, 6.07) is 0. The molecule has 0 unspecified atom stereocenters. The summed E-state index contributed by atoms with van der Waals surface area (Å²) in [5, 5.41) is 0.696. The monoisotopic (exact) mass is 270 g/mol. The van der Waals surface area contributed by atoms with E-state index in [0.717, 1.165) is 5.75 Å². The Hall–Kier alpha value is -0.880. The number of aryl methyl sites for hydroxylation is 1. The molecule has 0 radical (unpaired) electrons. The van der Waals surface area contributed by atoms with Crippen LogP contribution in [-0.2, 0) is 5.75 Å². The molecule has 0 amide bonds. The van der Waals surface area contributed by atoms with Gasteiger partial charge in [-0.15, -0.1) is 0 Å². The van der Waals surface area contributed by atoms with Crippen molar-refractivity contribution in [3.8, 4) is 0 Å². The van der Waals surface area contributed by atoms with E-state index in [1.165, 1.54) is 32.1 Å². The van der Waals surface area contributed by atoms with Gasteiger partial charge < -0.3 is 5.43 Å². The lowest BCUT2D eigenvalue weighted by atomic mass is 10.0. The maximum Gasteiger partial charge on any atom is 0.187 e. The molecule has 0 spiro atoms. The smallest absolute Gasteiger partial charge is 0.187 e. The van der Waals surface area contributed by atoms with Gasteiger partial charge in [-0.05, 0) is 19.8 Å². The number of hydrogen-bond acceptors (Lipinski definition) is 5. The predicted molar refractivity (Wildman–Crippen MR) is 72.7 cm³/mol. The van der Waals surface area contributed by atoms with Crippen LogP contribution < -0.4 is 11.3 Å². The molecule has 0 aromatic carbocycles. The molecule has 1 aliphatic rings. The third kappa shape index (κ3) is 3.32. The molecule has 0 bridgehead atoms. The Bertz CT molecular complexity index is 407. The van der Waals surface area contributed by atoms with Gasteiger partial charge in [0.1, 0.15) is 5.82 Å². The quantitative estimate of drug-likeness (QED) is 0.650. The van der Waals surface area contributed by atoms with Gasteiger partial charge in [0, 0.05) is 5.25 Å². The number of nitrogens with one attached hydrogen (secondary N) is 1. The number of thioether (sulfide) groups is 1. The van der Waals surface area contributed by atoms with E-state index in [4.69, 9.17) is 5.84 Å². The van der Waals surface area contributed by atoms with E-state index in [0.29, 0.717) is 16.8 Å². The van der Waals surface area contributed by atoms with Crippen LogP contribution in [0.1, 0.15) is 43.6 Å². The standard InChI is InChI=1S/C12H19FN4S/c1-8-11(13)12(17-14)16-10(15-8)7-18-9-5-3-2-4-6-9/h9H,2-7,14H2,1H3,(H,15,16,17). The molecule has 4 nitrogen and oxygen atoms in total. The number of nitrogen functional groups attached to an aromatic ring is 1. The number of nitrogens with two attached hydrogens (primary N) is 1. The second-order valence-electron chi connectivity index (χ2n) is 4.60. The SMILES string of the molecule is Cc1nc(CSC2CCCCC2)nc(NN)c1F. The molecule has 1 aliphatic carbocycles. The van der Waals surface area contributed by atoms with Crippen molar-refractivity contribution in [3.63, 3.8) is 0 Å². The molecule has 1 fully saturated rings. The zero-order chi connectivity index (χ0) is 13.0. The number of hydrogen-bond donors (Lipinski definition) is 2. The van der Waals surface area contributed by atoms with Crippen LogP contribution in [0.15, 0.2) is 0 Å². The van der Waals surface area contributed by atoms with Gasteiger partial charge in [0.05, 0.1) is 11.4 Å². The van der Waals surface area contributed by atoms with Crippen molar-refractivity contribution in [2.45, 2.75) is 50.0 Å². The van der Waals surface area contributed by atoms with Crippen LogP contribution in [0, 0.1) is 12.7 Å². The number of aromatic nitrogens is 2. The Kier molecular flexibility index (Phi) is 4.77. The molecule has 0 aliphatic heterocycles. The van der Waals surface area contributed by atoms with Gasteiger partial charge in [0.15, 0.2) is 11.6 Å². The average Bonchev–Trinajstić information content (AvgIpc) is 2.41. The first-order valence-electron chi connectivity index (χ1n) is 6.32. The lowest BCUT2D eigenvalue weighted by molar-refractivity contribution is 0.516. The Morgan fingerprint density at radius 2 is 2.06 bits per heavy atom. The van der Waals surface area contributed by atoms with Crippen LogP contribution in [0.4, 0.5) is 10.2 Å². The van der Waals surface area contributed by atoms with Gasteiger partial charge in [-0.1, -0.05) is 19.3 Å². The van der Waals surface area contributed by atoms with Gasteiger partial charge in [0.25, 0.3) is 0 Å². The number of hydrazine groups is 1. The summed E-state index contributed by atoms with van der Waals surface area (Å²) in [6.45, 7) is 1.63. The van der Waals surface area contributed by atoms with E-state index in [2.05, 4.69) is 15.4 Å². The average molecular weight is 270 g/mol. The third-order valence-electron chi connectivity index (χ3n) is 3.20. The number of rotatable bonds is 4. The van der Waals surface area contributed by atoms with Gasteiger partial charge >= 0.3 is 0 Å². The summed E-state index contributed by atoms with van der Waals surface area (Å²) >= 11 is 1.87. The largest absolute Gasteiger partial charge is 0.306 e. The van der Waals surface area contributed by atoms with Gasteiger partial charge in [0.2, 0.25) is 0 Å². The molecule has 0 saturated heterocycles. The zero-order valence-electron chi connectivity index (χ0n) is 10.6. The maximum atomic E-state index is 13.5. The Morgan fingerprint density at radius 1 is 1.33 bits per heavy atom. The molecule has 2 rings (SSSR count). The van der Waals surface area contributed by atoms with Gasteiger partial charge in [-0.3, -0.25) is 0 Å². The van der Waals surface area contributed by atoms with Crippen molar-refractivity contribution < 1.29 is 4.39 Å². The van der Waals surface area contributed by atoms with Crippen LogP contribution in [-0.4, -0.2) is 15.2 Å². The fraction of sp³-hybridized carbons (Fsp3) is 0.667. The fourth-order valence-corrected chi connectivity index (χ4v) is 3.38. The minimum absolute atomic E-state index is 0.0849. The van der Waals surface area contributed by atoms with Crippen molar-refractivity contribution in [2.24, 2.45) is 5.84 Å². The van der Waals surface area contributed by atoms with Gasteiger partial charge in [-0.2, -0.15) is 11.8 Å². The molecule has 1 aromatic rings. The summed E-state index contributed by atoms with van der Waals surface area (Å²) in [7, 11) is 0. The third-order valence-corrected chi connectivity index (χ3v) is 4.57. The van der Waals surface area contributed by atoms with E-state index < -0.39 is 5.82 Å². The Balaban J connectivity index is 1.98. The molecule has 6 heteroatoms. The molecule has 1 heterocycles. The van der Waals surface area contributed by atoms with E-state index in [9.17, 15) is 4.39 Å². The molecule has 18 heavy (non-hydrogen) atoms. The highest BCUT2D eigenvalue weighted by atomic mass is 32.2. The van der Waals surface area contributed by atoms with E-state index in [1.807, 2.05) is 11.8 Å². The topological polar surface area (TPSA) is 63.8 Å². The van der Waals surface area contributed by atoms with Gasteiger partial charge in [-0.25, -0.2) is 20.2 Å². The van der Waals surface area contributed by atoms with Crippen LogP contribution in [0.25, 0.3) is 0 Å². The van der Waals surface area contributed by atoms with Crippen LogP contribution in [0.2, 0.25) is 0 Å². The molecular formula is C12H19FN4S. The predicted octanol–water partition coefficient (Wildman–Crippen LogP) is 2.78.